The van der Waals surface area contributed by atoms with Crippen LogP contribution >= 0.6 is 0 Å². The fourth-order valence-corrected chi connectivity index (χ4v) is 2.93. The van der Waals surface area contributed by atoms with Crippen LogP contribution in [0.4, 0.5) is 0 Å². The Hall–Kier alpha value is -0.580. The Morgan fingerprint density at radius 3 is 2.43 bits per heavy atom. The molecule has 0 radical (unpaired) electrons. The molecule has 0 spiro atoms. The van der Waals surface area contributed by atoms with E-state index < -0.39 is 15.8 Å². The van der Waals surface area contributed by atoms with Crippen LogP contribution in [0.3, 0.4) is 0 Å². The number of rotatable bonds is 7. The number of hydrogen-bond donors (Lipinski definition) is 1. The smallest absolute Gasteiger partial charge is 0.303 e. The van der Waals surface area contributed by atoms with Crippen molar-refractivity contribution < 1.29 is 18.3 Å². The number of carboxylic acid groups (broad SMARTS) is 1. The van der Waals surface area contributed by atoms with Crippen molar-refractivity contribution in [2.24, 2.45) is 5.92 Å². The molecule has 1 N–H and O–H groups in total. The third-order valence-corrected chi connectivity index (χ3v) is 4.07. The van der Waals surface area contributed by atoms with Crippen LogP contribution in [0, 0.1) is 5.92 Å². The SMILES string of the molecule is CCC(C)CS(=O)(=O)CCCC(=O)O. The zero-order valence-corrected chi connectivity index (χ0v) is 9.51. The molecule has 1 unspecified atom stereocenters. The lowest BCUT2D eigenvalue weighted by Crippen LogP contribution is -2.17. The highest BCUT2D eigenvalue weighted by atomic mass is 32.2. The molecule has 0 heterocycles. The van der Waals surface area contributed by atoms with Crippen LogP contribution in [0.1, 0.15) is 33.1 Å². The summed E-state index contributed by atoms with van der Waals surface area (Å²) in [6.45, 7) is 3.83. The summed E-state index contributed by atoms with van der Waals surface area (Å²) in [6.07, 6.45) is 0.978. The van der Waals surface area contributed by atoms with Gasteiger partial charge in [-0.1, -0.05) is 20.3 Å². The van der Waals surface area contributed by atoms with Gasteiger partial charge in [0.25, 0.3) is 0 Å². The molecule has 1 atom stereocenters. The maximum absolute atomic E-state index is 11.4. The number of carbonyl (C=O) groups is 1. The lowest BCUT2D eigenvalue weighted by molar-refractivity contribution is -0.137. The Balaban J connectivity index is 3.90. The second kappa shape index (κ2) is 6.01. The molecular formula is C9H18O4S. The van der Waals surface area contributed by atoms with Crippen LogP contribution in [-0.4, -0.2) is 31.0 Å². The number of carboxylic acids is 1. The van der Waals surface area contributed by atoms with Crippen molar-refractivity contribution in [2.75, 3.05) is 11.5 Å². The van der Waals surface area contributed by atoms with Gasteiger partial charge in [0.2, 0.25) is 0 Å². The average molecular weight is 222 g/mol. The first-order valence-corrected chi connectivity index (χ1v) is 6.61. The van der Waals surface area contributed by atoms with Crippen LogP contribution in [0.2, 0.25) is 0 Å². The molecule has 0 aliphatic rings. The van der Waals surface area contributed by atoms with Gasteiger partial charge < -0.3 is 5.11 Å². The molecule has 14 heavy (non-hydrogen) atoms. The van der Waals surface area contributed by atoms with Gasteiger partial charge in [-0.3, -0.25) is 4.79 Å². The quantitative estimate of drug-likeness (QED) is 0.705. The first-order chi connectivity index (χ1) is 6.37. The minimum Gasteiger partial charge on any atom is -0.481 e. The lowest BCUT2D eigenvalue weighted by Gasteiger charge is -2.08. The molecule has 0 fully saturated rings. The average Bonchev–Trinajstić information content (AvgIpc) is 2.02. The standard InChI is InChI=1S/C9H18O4S/c1-3-8(2)7-14(12,13)6-4-5-9(10)11/h8H,3-7H2,1-2H3,(H,10,11). The van der Waals surface area contributed by atoms with Gasteiger partial charge in [-0.15, -0.1) is 0 Å². The topological polar surface area (TPSA) is 71.4 Å². The molecule has 0 saturated heterocycles. The van der Waals surface area contributed by atoms with E-state index in [9.17, 15) is 13.2 Å². The van der Waals surface area contributed by atoms with Crippen LogP contribution in [0.15, 0.2) is 0 Å². The van der Waals surface area contributed by atoms with Crippen molar-refractivity contribution in [3.8, 4) is 0 Å². The highest BCUT2D eigenvalue weighted by molar-refractivity contribution is 7.91. The fraction of sp³-hybridized carbons (Fsp3) is 0.889. The van der Waals surface area contributed by atoms with Crippen molar-refractivity contribution in [2.45, 2.75) is 33.1 Å². The van der Waals surface area contributed by atoms with Crippen LogP contribution in [-0.2, 0) is 14.6 Å². The summed E-state index contributed by atoms with van der Waals surface area (Å²) >= 11 is 0. The summed E-state index contributed by atoms with van der Waals surface area (Å²) in [6, 6.07) is 0. The monoisotopic (exact) mass is 222 g/mol. The van der Waals surface area contributed by atoms with Gasteiger partial charge in [0.05, 0.1) is 11.5 Å². The number of aliphatic carboxylic acids is 1. The van der Waals surface area contributed by atoms with E-state index in [1.54, 1.807) is 0 Å². The molecule has 0 aromatic heterocycles. The van der Waals surface area contributed by atoms with E-state index in [1.807, 2.05) is 13.8 Å². The molecular weight excluding hydrogens is 204 g/mol. The molecule has 0 bridgehead atoms. The largest absolute Gasteiger partial charge is 0.481 e. The first kappa shape index (κ1) is 13.4. The second-order valence-corrected chi connectivity index (χ2v) is 5.85. The Morgan fingerprint density at radius 1 is 1.43 bits per heavy atom. The zero-order chi connectivity index (χ0) is 11.2. The predicted octanol–water partition coefficient (Wildman–Crippen LogP) is 1.31. The van der Waals surface area contributed by atoms with Crippen LogP contribution < -0.4 is 0 Å². The van der Waals surface area contributed by atoms with Crippen LogP contribution in [0.25, 0.3) is 0 Å². The van der Waals surface area contributed by atoms with E-state index in [0.717, 1.165) is 6.42 Å². The molecule has 5 heteroatoms. The molecule has 0 aromatic rings. The maximum Gasteiger partial charge on any atom is 0.303 e. The molecule has 84 valence electrons. The lowest BCUT2D eigenvalue weighted by atomic mass is 10.2. The van der Waals surface area contributed by atoms with E-state index in [0.29, 0.717) is 0 Å². The predicted molar refractivity (Wildman–Crippen MR) is 55.0 cm³/mol. The van der Waals surface area contributed by atoms with Crippen LogP contribution in [0.5, 0.6) is 0 Å². The maximum atomic E-state index is 11.4. The third kappa shape index (κ3) is 6.88. The molecule has 0 aromatic carbocycles. The summed E-state index contributed by atoms with van der Waals surface area (Å²) in [5.74, 6) is -0.624. The van der Waals surface area contributed by atoms with Crippen molar-refractivity contribution in [3.05, 3.63) is 0 Å². The highest BCUT2D eigenvalue weighted by Crippen LogP contribution is 2.07. The molecule has 0 aliphatic heterocycles. The molecule has 0 saturated carbocycles. The summed E-state index contributed by atoms with van der Waals surface area (Å²) in [7, 11) is -3.05. The van der Waals surface area contributed by atoms with Crippen molar-refractivity contribution in [1.29, 1.82) is 0 Å². The molecule has 0 aliphatic carbocycles. The van der Waals surface area contributed by atoms with E-state index >= 15 is 0 Å². The molecule has 4 nitrogen and oxygen atoms in total. The Morgan fingerprint density at radius 2 is 2.00 bits per heavy atom. The van der Waals surface area contributed by atoms with Gasteiger partial charge in [0, 0.05) is 6.42 Å². The third-order valence-electron chi connectivity index (χ3n) is 2.08. The summed E-state index contributed by atoms with van der Waals surface area (Å²) < 4.78 is 22.8. The van der Waals surface area contributed by atoms with Crippen molar-refractivity contribution in [1.82, 2.24) is 0 Å². The highest BCUT2D eigenvalue weighted by Gasteiger charge is 2.14. The van der Waals surface area contributed by atoms with Gasteiger partial charge in [0.1, 0.15) is 0 Å². The molecule has 0 amide bonds. The second-order valence-electron chi connectivity index (χ2n) is 3.63. The van der Waals surface area contributed by atoms with Crippen molar-refractivity contribution >= 4 is 15.8 Å². The van der Waals surface area contributed by atoms with Gasteiger partial charge in [-0.05, 0) is 12.3 Å². The minimum atomic E-state index is -3.05. The van der Waals surface area contributed by atoms with E-state index in [2.05, 4.69) is 0 Å². The summed E-state index contributed by atoms with van der Waals surface area (Å²) in [5, 5.41) is 8.34. The number of sulfone groups is 1. The minimum absolute atomic E-state index is 0.0103. The zero-order valence-electron chi connectivity index (χ0n) is 8.69. The van der Waals surface area contributed by atoms with Crippen molar-refractivity contribution in [3.63, 3.8) is 0 Å². The van der Waals surface area contributed by atoms with E-state index in [4.69, 9.17) is 5.11 Å². The fourth-order valence-electron chi connectivity index (χ4n) is 1.08. The summed E-state index contributed by atoms with van der Waals surface area (Å²) in [5.41, 5.74) is 0. The van der Waals surface area contributed by atoms with Gasteiger partial charge in [-0.25, -0.2) is 8.42 Å². The normalized spacial score (nSPS) is 13.9. The Kier molecular flexibility index (Phi) is 5.76. The molecule has 0 rings (SSSR count). The summed E-state index contributed by atoms with van der Waals surface area (Å²) in [4.78, 5) is 10.2. The number of hydrogen-bond acceptors (Lipinski definition) is 3. The first-order valence-electron chi connectivity index (χ1n) is 4.79. The Labute approximate surface area is 85.2 Å². The Bertz CT molecular complexity index is 269. The van der Waals surface area contributed by atoms with Gasteiger partial charge in [-0.2, -0.15) is 0 Å². The van der Waals surface area contributed by atoms with Gasteiger partial charge >= 0.3 is 5.97 Å². The van der Waals surface area contributed by atoms with E-state index in [-0.39, 0.29) is 30.3 Å². The van der Waals surface area contributed by atoms with Gasteiger partial charge in [0.15, 0.2) is 9.84 Å². The van der Waals surface area contributed by atoms with E-state index in [1.165, 1.54) is 0 Å².